The van der Waals surface area contributed by atoms with Crippen molar-refractivity contribution >= 4 is 0 Å². The Morgan fingerprint density at radius 3 is 2.50 bits per heavy atom. The van der Waals surface area contributed by atoms with E-state index in [0.29, 0.717) is 0 Å². The molecule has 0 fully saturated rings. The Bertz CT molecular complexity index is 387. The minimum Gasteiger partial charge on any atom is -0.463 e. The Labute approximate surface area is 111 Å². The van der Waals surface area contributed by atoms with E-state index < -0.39 is 0 Å². The lowest BCUT2D eigenvalue weighted by Crippen LogP contribution is -2.34. The van der Waals surface area contributed by atoms with E-state index in [-0.39, 0.29) is 5.54 Å². The molecule has 102 valence electrons. The van der Waals surface area contributed by atoms with Crippen molar-refractivity contribution in [2.75, 3.05) is 13.6 Å². The normalized spacial score (nSPS) is 12.1. The SMILES string of the molecule is C=C(C)CN(C)Cc1ccc(CNC(C)(C)C)o1. The van der Waals surface area contributed by atoms with Gasteiger partial charge in [0.2, 0.25) is 0 Å². The van der Waals surface area contributed by atoms with E-state index in [1.165, 1.54) is 5.57 Å². The van der Waals surface area contributed by atoms with Crippen molar-refractivity contribution in [2.24, 2.45) is 0 Å². The molecule has 0 aliphatic carbocycles. The van der Waals surface area contributed by atoms with Crippen molar-refractivity contribution in [1.82, 2.24) is 10.2 Å². The summed E-state index contributed by atoms with van der Waals surface area (Å²) in [7, 11) is 2.07. The summed E-state index contributed by atoms with van der Waals surface area (Å²) in [5, 5.41) is 3.42. The van der Waals surface area contributed by atoms with Gasteiger partial charge in [0.15, 0.2) is 0 Å². The summed E-state index contributed by atoms with van der Waals surface area (Å²) in [6.07, 6.45) is 0. The lowest BCUT2D eigenvalue weighted by atomic mass is 10.1. The fourth-order valence-electron chi connectivity index (χ4n) is 1.74. The molecule has 0 bridgehead atoms. The second-order valence-corrected chi connectivity index (χ2v) is 6.10. The van der Waals surface area contributed by atoms with Gasteiger partial charge >= 0.3 is 0 Å². The quantitative estimate of drug-likeness (QED) is 0.786. The van der Waals surface area contributed by atoms with Crippen LogP contribution < -0.4 is 5.32 Å². The van der Waals surface area contributed by atoms with E-state index in [1.807, 2.05) is 13.0 Å². The van der Waals surface area contributed by atoms with Crippen LogP contribution in [-0.2, 0) is 13.1 Å². The first kappa shape index (κ1) is 15.0. The summed E-state index contributed by atoms with van der Waals surface area (Å²) in [5.41, 5.74) is 1.28. The molecule has 0 aromatic carbocycles. The van der Waals surface area contributed by atoms with E-state index in [4.69, 9.17) is 4.42 Å². The molecule has 18 heavy (non-hydrogen) atoms. The highest BCUT2D eigenvalue weighted by molar-refractivity contribution is 5.07. The van der Waals surface area contributed by atoms with Crippen LogP contribution in [0.25, 0.3) is 0 Å². The van der Waals surface area contributed by atoms with E-state index in [0.717, 1.165) is 31.2 Å². The maximum atomic E-state index is 5.80. The molecular formula is C15H26N2O. The third-order valence-electron chi connectivity index (χ3n) is 2.48. The lowest BCUT2D eigenvalue weighted by Gasteiger charge is -2.19. The predicted octanol–water partition coefficient (Wildman–Crippen LogP) is 3.18. The minimum absolute atomic E-state index is 0.115. The van der Waals surface area contributed by atoms with Gasteiger partial charge in [0.05, 0.1) is 13.1 Å². The largest absolute Gasteiger partial charge is 0.463 e. The van der Waals surface area contributed by atoms with Crippen molar-refractivity contribution < 1.29 is 4.42 Å². The van der Waals surface area contributed by atoms with Crippen LogP contribution in [0.15, 0.2) is 28.7 Å². The molecule has 0 unspecified atom stereocenters. The van der Waals surface area contributed by atoms with E-state index >= 15 is 0 Å². The van der Waals surface area contributed by atoms with Gasteiger partial charge in [-0.1, -0.05) is 12.2 Å². The lowest BCUT2D eigenvalue weighted by molar-refractivity contribution is 0.304. The highest BCUT2D eigenvalue weighted by Gasteiger charge is 2.11. The smallest absolute Gasteiger partial charge is 0.118 e. The van der Waals surface area contributed by atoms with Gasteiger partial charge in [0, 0.05) is 12.1 Å². The first-order valence-electron chi connectivity index (χ1n) is 6.42. The molecule has 1 rings (SSSR count). The summed E-state index contributed by atoms with van der Waals surface area (Å²) in [4.78, 5) is 2.20. The number of furan rings is 1. The third-order valence-corrected chi connectivity index (χ3v) is 2.48. The number of nitrogens with zero attached hydrogens (tertiary/aromatic N) is 1. The Morgan fingerprint density at radius 2 is 1.94 bits per heavy atom. The zero-order valence-corrected chi connectivity index (χ0v) is 12.3. The molecule has 1 heterocycles. The van der Waals surface area contributed by atoms with Crippen LogP contribution in [0.2, 0.25) is 0 Å². The van der Waals surface area contributed by atoms with Crippen LogP contribution in [0.5, 0.6) is 0 Å². The summed E-state index contributed by atoms with van der Waals surface area (Å²) in [6, 6.07) is 4.09. The average Bonchev–Trinajstić information content (AvgIpc) is 2.60. The van der Waals surface area contributed by atoms with Crippen LogP contribution in [-0.4, -0.2) is 24.0 Å². The molecule has 0 aliphatic heterocycles. The first-order chi connectivity index (χ1) is 8.26. The Balaban J connectivity index is 2.45. The maximum Gasteiger partial charge on any atom is 0.118 e. The van der Waals surface area contributed by atoms with Gasteiger partial charge in [-0.05, 0) is 46.9 Å². The fraction of sp³-hybridized carbons (Fsp3) is 0.600. The molecule has 1 aromatic rings. The van der Waals surface area contributed by atoms with Crippen molar-refractivity contribution in [3.05, 3.63) is 35.8 Å². The van der Waals surface area contributed by atoms with Crippen molar-refractivity contribution in [2.45, 2.75) is 46.3 Å². The molecule has 1 aromatic heterocycles. The third kappa shape index (κ3) is 6.03. The van der Waals surface area contributed by atoms with Gasteiger partial charge in [-0.15, -0.1) is 0 Å². The maximum absolute atomic E-state index is 5.80. The number of nitrogens with one attached hydrogen (secondary N) is 1. The van der Waals surface area contributed by atoms with E-state index in [1.54, 1.807) is 0 Å². The Morgan fingerprint density at radius 1 is 1.33 bits per heavy atom. The molecule has 3 nitrogen and oxygen atoms in total. The fourth-order valence-corrected chi connectivity index (χ4v) is 1.74. The van der Waals surface area contributed by atoms with Crippen LogP contribution >= 0.6 is 0 Å². The molecule has 0 radical (unpaired) electrons. The molecule has 3 heteroatoms. The van der Waals surface area contributed by atoms with E-state index in [9.17, 15) is 0 Å². The first-order valence-corrected chi connectivity index (χ1v) is 6.42. The monoisotopic (exact) mass is 250 g/mol. The average molecular weight is 250 g/mol. The molecule has 0 atom stereocenters. The summed E-state index contributed by atoms with van der Waals surface area (Å²) < 4.78 is 5.80. The molecule has 0 saturated heterocycles. The molecule has 1 N–H and O–H groups in total. The van der Waals surface area contributed by atoms with Gasteiger partial charge in [-0.25, -0.2) is 0 Å². The zero-order chi connectivity index (χ0) is 13.8. The van der Waals surface area contributed by atoms with Crippen LogP contribution in [0.4, 0.5) is 0 Å². The summed E-state index contributed by atoms with van der Waals surface area (Å²) in [6.45, 7) is 14.9. The number of rotatable bonds is 6. The zero-order valence-electron chi connectivity index (χ0n) is 12.3. The molecular weight excluding hydrogens is 224 g/mol. The van der Waals surface area contributed by atoms with E-state index in [2.05, 4.69) is 50.7 Å². The van der Waals surface area contributed by atoms with Gasteiger partial charge in [0.25, 0.3) is 0 Å². The number of likely N-dealkylation sites (N-methyl/N-ethyl adjacent to an activating group) is 1. The Kier molecular flexibility index (Phi) is 5.17. The molecule has 0 spiro atoms. The van der Waals surface area contributed by atoms with Gasteiger partial charge in [-0.3, -0.25) is 4.90 Å². The highest BCUT2D eigenvalue weighted by Crippen LogP contribution is 2.11. The predicted molar refractivity (Wildman–Crippen MR) is 76.4 cm³/mol. The van der Waals surface area contributed by atoms with Crippen LogP contribution in [0.3, 0.4) is 0 Å². The molecule has 0 amide bonds. The second-order valence-electron chi connectivity index (χ2n) is 6.10. The van der Waals surface area contributed by atoms with Crippen molar-refractivity contribution in [3.8, 4) is 0 Å². The standard InChI is InChI=1S/C15H26N2O/c1-12(2)10-17(6)11-14-8-7-13(18-14)9-16-15(3,4)5/h7-8,16H,1,9-11H2,2-6H3. The Hall–Kier alpha value is -1.06. The topological polar surface area (TPSA) is 28.4 Å². The molecule has 0 saturated carbocycles. The van der Waals surface area contributed by atoms with Gasteiger partial charge in [-0.2, -0.15) is 0 Å². The minimum atomic E-state index is 0.115. The highest BCUT2D eigenvalue weighted by atomic mass is 16.3. The summed E-state index contributed by atoms with van der Waals surface area (Å²) >= 11 is 0. The molecule has 0 aliphatic rings. The summed E-state index contributed by atoms with van der Waals surface area (Å²) in [5.74, 6) is 1.99. The van der Waals surface area contributed by atoms with Crippen molar-refractivity contribution in [3.63, 3.8) is 0 Å². The van der Waals surface area contributed by atoms with Gasteiger partial charge in [0.1, 0.15) is 11.5 Å². The number of hydrogen-bond donors (Lipinski definition) is 1. The number of hydrogen-bond acceptors (Lipinski definition) is 3. The van der Waals surface area contributed by atoms with Crippen LogP contribution in [0, 0.1) is 0 Å². The second kappa shape index (κ2) is 6.21. The van der Waals surface area contributed by atoms with Crippen LogP contribution in [0.1, 0.15) is 39.2 Å². The van der Waals surface area contributed by atoms with Gasteiger partial charge < -0.3 is 9.73 Å². The van der Waals surface area contributed by atoms with Crippen molar-refractivity contribution in [1.29, 1.82) is 0 Å².